The molecule has 64 valence electrons. The van der Waals surface area contributed by atoms with Gasteiger partial charge >= 0.3 is 0 Å². The lowest BCUT2D eigenvalue weighted by Crippen LogP contribution is -2.02. The van der Waals surface area contributed by atoms with Gasteiger partial charge in [-0.3, -0.25) is 11.7 Å². The van der Waals surface area contributed by atoms with E-state index in [4.69, 9.17) is 5.73 Å². The van der Waals surface area contributed by atoms with E-state index in [1.165, 1.54) is 32.1 Å². The molecule has 10 heavy (non-hydrogen) atoms. The van der Waals surface area contributed by atoms with Crippen LogP contribution in [-0.2, 0) is 0 Å². The van der Waals surface area contributed by atoms with Crippen LogP contribution in [0.1, 0.15) is 39.0 Å². The minimum Gasteiger partial charge on any atom is -0.330 e. The minimum absolute atomic E-state index is 0.865. The number of rotatable bonds is 5. The second-order valence-corrected chi connectivity index (χ2v) is 2.20. The van der Waals surface area contributed by atoms with Crippen LogP contribution in [0.25, 0.3) is 0 Å². The molecule has 3 heteroatoms. The molecule has 0 aromatic heterocycles. The summed E-state index contributed by atoms with van der Waals surface area (Å²) < 4.78 is 0. The van der Waals surface area contributed by atoms with Crippen molar-refractivity contribution in [2.75, 3.05) is 6.54 Å². The highest BCUT2D eigenvalue weighted by molar-refractivity contribution is 4.41. The van der Waals surface area contributed by atoms with E-state index < -0.39 is 0 Å². The summed E-state index contributed by atoms with van der Waals surface area (Å²) in [4.78, 5) is 0. The third kappa shape index (κ3) is 15.7. The molecule has 0 aromatic carbocycles. The summed E-state index contributed by atoms with van der Waals surface area (Å²) in [6, 6.07) is 0. The van der Waals surface area contributed by atoms with E-state index in [-0.39, 0.29) is 0 Å². The topological polar surface area (TPSA) is 78.1 Å². The first-order valence-electron chi connectivity index (χ1n) is 3.95. The summed E-state index contributed by atoms with van der Waals surface area (Å²) in [5.41, 5.74) is 5.31. The Morgan fingerprint density at radius 3 is 1.80 bits per heavy atom. The molecule has 0 aliphatic carbocycles. The molecule has 0 fully saturated rings. The van der Waals surface area contributed by atoms with Crippen molar-refractivity contribution in [1.82, 2.24) is 0 Å². The zero-order valence-electron chi connectivity index (χ0n) is 6.97. The summed E-state index contributed by atoms with van der Waals surface area (Å²) in [7, 11) is 0. The number of nitrogens with two attached hydrogens (primary N) is 3. The molecule has 0 saturated carbocycles. The summed E-state index contributed by atoms with van der Waals surface area (Å²) in [5.74, 6) is 8.00. The zero-order valence-corrected chi connectivity index (χ0v) is 6.97. The predicted octanol–water partition coefficient (Wildman–Crippen LogP) is 0.734. The fourth-order valence-corrected chi connectivity index (χ4v) is 0.748. The molecule has 0 rings (SSSR count). The lowest BCUT2D eigenvalue weighted by atomic mass is 10.2. The van der Waals surface area contributed by atoms with Crippen LogP contribution in [0, 0.1) is 0 Å². The Labute approximate surface area is 63.9 Å². The van der Waals surface area contributed by atoms with Gasteiger partial charge in [-0.2, -0.15) is 0 Å². The highest BCUT2D eigenvalue weighted by Gasteiger charge is 1.83. The van der Waals surface area contributed by atoms with Crippen LogP contribution in [0.3, 0.4) is 0 Å². The van der Waals surface area contributed by atoms with Gasteiger partial charge in [0.25, 0.3) is 0 Å². The smallest absolute Gasteiger partial charge is 0.00773 e. The fraction of sp³-hybridized carbons (Fsp3) is 1.00. The number of hydrogen-bond acceptors (Lipinski definition) is 3. The number of unbranched alkanes of at least 4 members (excludes halogenated alkanes) is 4. The molecule has 0 heterocycles. The first-order chi connectivity index (χ1) is 4.91. The van der Waals surface area contributed by atoms with Crippen molar-refractivity contribution < 1.29 is 0 Å². The summed E-state index contributed by atoms with van der Waals surface area (Å²) in [6.45, 7) is 3.09. The average Bonchev–Trinajstić information content (AvgIpc) is 2.02. The fourth-order valence-electron chi connectivity index (χ4n) is 0.748. The highest BCUT2D eigenvalue weighted by atomic mass is 15.0. The molecular weight excluding hydrogens is 126 g/mol. The summed E-state index contributed by atoms with van der Waals surface area (Å²) in [5, 5.41) is 0. The van der Waals surface area contributed by atoms with Gasteiger partial charge in [0, 0.05) is 0 Å². The van der Waals surface area contributed by atoms with Crippen LogP contribution in [-0.4, -0.2) is 6.54 Å². The van der Waals surface area contributed by atoms with Crippen molar-refractivity contribution in [2.24, 2.45) is 17.4 Å². The Hall–Kier alpha value is -0.120. The molecule has 0 bridgehead atoms. The standard InChI is InChI=1S/C7H17N.H4N2/c1-2-3-4-5-6-7-8;1-2/h2-8H2,1H3;1-2H2. The highest BCUT2D eigenvalue weighted by Crippen LogP contribution is 2.00. The van der Waals surface area contributed by atoms with Gasteiger partial charge in [-0.15, -0.1) is 0 Å². The van der Waals surface area contributed by atoms with Crippen molar-refractivity contribution in [1.29, 1.82) is 0 Å². The van der Waals surface area contributed by atoms with E-state index in [1.807, 2.05) is 0 Å². The first kappa shape index (κ1) is 12.5. The Bertz CT molecular complexity index is 33.8. The van der Waals surface area contributed by atoms with Crippen LogP contribution in [0.4, 0.5) is 0 Å². The van der Waals surface area contributed by atoms with Gasteiger partial charge in [-0.1, -0.05) is 32.6 Å². The van der Waals surface area contributed by atoms with Crippen LogP contribution in [0.15, 0.2) is 0 Å². The van der Waals surface area contributed by atoms with Crippen molar-refractivity contribution in [3.8, 4) is 0 Å². The predicted molar refractivity (Wildman–Crippen MR) is 46.2 cm³/mol. The third-order valence-electron chi connectivity index (χ3n) is 1.31. The summed E-state index contributed by atoms with van der Waals surface area (Å²) in [6.07, 6.45) is 6.60. The molecule has 6 N–H and O–H groups in total. The Morgan fingerprint density at radius 1 is 0.900 bits per heavy atom. The molecule has 0 spiro atoms. The van der Waals surface area contributed by atoms with Crippen LogP contribution < -0.4 is 17.4 Å². The Morgan fingerprint density at radius 2 is 1.40 bits per heavy atom. The normalized spacial score (nSPS) is 8.40. The maximum Gasteiger partial charge on any atom is -0.00773 e. The van der Waals surface area contributed by atoms with Gasteiger partial charge in [0.15, 0.2) is 0 Å². The maximum atomic E-state index is 5.31. The van der Waals surface area contributed by atoms with Gasteiger partial charge in [0.05, 0.1) is 0 Å². The summed E-state index contributed by atoms with van der Waals surface area (Å²) >= 11 is 0. The van der Waals surface area contributed by atoms with E-state index in [0.29, 0.717) is 0 Å². The second-order valence-electron chi connectivity index (χ2n) is 2.20. The molecule has 0 unspecified atom stereocenters. The SMILES string of the molecule is CCCCCCCN.NN. The van der Waals surface area contributed by atoms with Crippen molar-refractivity contribution >= 4 is 0 Å². The number of hydrazine groups is 1. The Kier molecular flexibility index (Phi) is 20.0. The van der Waals surface area contributed by atoms with Gasteiger partial charge in [0.2, 0.25) is 0 Å². The largest absolute Gasteiger partial charge is 0.330 e. The zero-order chi connectivity index (χ0) is 8.24. The molecule has 0 atom stereocenters. The average molecular weight is 147 g/mol. The van der Waals surface area contributed by atoms with Crippen molar-refractivity contribution in [3.05, 3.63) is 0 Å². The molecule has 0 amide bonds. The first-order valence-corrected chi connectivity index (χ1v) is 3.95. The van der Waals surface area contributed by atoms with E-state index >= 15 is 0 Å². The molecule has 0 radical (unpaired) electrons. The number of hydrogen-bond donors (Lipinski definition) is 3. The van der Waals surface area contributed by atoms with E-state index in [0.717, 1.165) is 6.54 Å². The molecule has 0 aliphatic rings. The van der Waals surface area contributed by atoms with Gasteiger partial charge < -0.3 is 5.73 Å². The van der Waals surface area contributed by atoms with Crippen molar-refractivity contribution in [3.63, 3.8) is 0 Å². The van der Waals surface area contributed by atoms with Crippen molar-refractivity contribution in [2.45, 2.75) is 39.0 Å². The van der Waals surface area contributed by atoms with Crippen LogP contribution in [0.5, 0.6) is 0 Å². The van der Waals surface area contributed by atoms with Crippen LogP contribution in [0.2, 0.25) is 0 Å². The van der Waals surface area contributed by atoms with Crippen LogP contribution >= 0.6 is 0 Å². The Balaban J connectivity index is 0. The van der Waals surface area contributed by atoms with E-state index in [2.05, 4.69) is 18.6 Å². The third-order valence-corrected chi connectivity index (χ3v) is 1.31. The van der Waals surface area contributed by atoms with E-state index in [9.17, 15) is 0 Å². The molecule has 0 saturated heterocycles. The quantitative estimate of drug-likeness (QED) is 0.305. The minimum atomic E-state index is 0.865. The molecule has 0 aliphatic heterocycles. The monoisotopic (exact) mass is 147 g/mol. The lowest BCUT2D eigenvalue weighted by Gasteiger charge is -1.93. The molecule has 0 aromatic rings. The molecular formula is C7H21N3. The van der Waals surface area contributed by atoms with Gasteiger partial charge in [0.1, 0.15) is 0 Å². The lowest BCUT2D eigenvalue weighted by molar-refractivity contribution is 0.638. The second kappa shape index (κ2) is 15.9. The maximum absolute atomic E-state index is 5.31. The molecule has 3 nitrogen and oxygen atoms in total. The van der Waals surface area contributed by atoms with Gasteiger partial charge in [-0.25, -0.2) is 0 Å². The van der Waals surface area contributed by atoms with E-state index in [1.54, 1.807) is 0 Å². The van der Waals surface area contributed by atoms with Gasteiger partial charge in [-0.05, 0) is 13.0 Å².